The van der Waals surface area contributed by atoms with Crippen molar-refractivity contribution in [2.75, 3.05) is 20.3 Å². The molecule has 0 bridgehead atoms. The van der Waals surface area contributed by atoms with Crippen LogP contribution in [0.3, 0.4) is 0 Å². The molecule has 0 aliphatic carbocycles. The van der Waals surface area contributed by atoms with Crippen molar-refractivity contribution in [2.24, 2.45) is 0 Å². The van der Waals surface area contributed by atoms with Gasteiger partial charge >= 0.3 is 0 Å². The molecule has 0 aliphatic rings. The molecule has 0 N–H and O–H groups in total. The van der Waals surface area contributed by atoms with E-state index in [0.717, 1.165) is 5.75 Å². The van der Waals surface area contributed by atoms with Crippen molar-refractivity contribution >= 4 is 0 Å². The Hall–Kier alpha value is -1.06. The average molecular weight is 210 g/mol. The minimum atomic E-state index is 0.322. The molecule has 0 radical (unpaired) electrons. The summed E-state index contributed by atoms with van der Waals surface area (Å²) in [5.41, 5.74) is 1.22. The molecule has 0 heterocycles. The van der Waals surface area contributed by atoms with Crippen molar-refractivity contribution in [1.82, 2.24) is 0 Å². The standard InChI is InChI=1S/C12H18O3/c1-4-14-15-9-10(2)11-5-7-12(13-3)8-6-11/h5-8,10H,4,9H2,1-3H3. The van der Waals surface area contributed by atoms with Crippen molar-refractivity contribution in [2.45, 2.75) is 19.8 Å². The van der Waals surface area contributed by atoms with E-state index in [4.69, 9.17) is 14.5 Å². The quantitative estimate of drug-likeness (QED) is 0.410. The highest BCUT2D eigenvalue weighted by Crippen LogP contribution is 2.19. The third-order valence-electron chi connectivity index (χ3n) is 2.20. The van der Waals surface area contributed by atoms with E-state index in [9.17, 15) is 0 Å². The molecule has 1 atom stereocenters. The van der Waals surface area contributed by atoms with E-state index in [1.165, 1.54) is 5.56 Å². The summed E-state index contributed by atoms with van der Waals surface area (Å²) in [4.78, 5) is 9.87. The van der Waals surface area contributed by atoms with Crippen molar-refractivity contribution in [1.29, 1.82) is 0 Å². The summed E-state index contributed by atoms with van der Waals surface area (Å²) in [6, 6.07) is 7.98. The van der Waals surface area contributed by atoms with Crippen LogP contribution in [-0.2, 0) is 9.78 Å². The minimum absolute atomic E-state index is 0.322. The molecule has 0 amide bonds. The second kappa shape index (κ2) is 6.43. The summed E-state index contributed by atoms with van der Waals surface area (Å²) in [6.07, 6.45) is 0. The van der Waals surface area contributed by atoms with E-state index in [-0.39, 0.29) is 0 Å². The lowest BCUT2D eigenvalue weighted by atomic mass is 10.0. The van der Waals surface area contributed by atoms with Gasteiger partial charge in [0.1, 0.15) is 5.75 Å². The molecule has 1 unspecified atom stereocenters. The molecular formula is C12H18O3. The molecule has 0 saturated heterocycles. The highest BCUT2D eigenvalue weighted by molar-refractivity contribution is 5.29. The first kappa shape index (κ1) is 12.0. The summed E-state index contributed by atoms with van der Waals surface area (Å²) in [6.45, 7) is 5.15. The fourth-order valence-electron chi connectivity index (χ4n) is 1.26. The first-order valence-corrected chi connectivity index (χ1v) is 5.16. The Bertz CT molecular complexity index is 269. The van der Waals surface area contributed by atoms with Crippen LogP contribution in [0.5, 0.6) is 5.75 Å². The molecular weight excluding hydrogens is 192 g/mol. The topological polar surface area (TPSA) is 27.7 Å². The smallest absolute Gasteiger partial charge is 0.118 e. The highest BCUT2D eigenvalue weighted by atomic mass is 17.2. The average Bonchev–Trinajstić information content (AvgIpc) is 2.29. The number of benzene rings is 1. The van der Waals surface area contributed by atoms with Gasteiger partial charge in [-0.2, -0.15) is 0 Å². The zero-order valence-corrected chi connectivity index (χ0v) is 9.53. The Morgan fingerprint density at radius 2 is 1.80 bits per heavy atom. The van der Waals surface area contributed by atoms with Crippen LogP contribution >= 0.6 is 0 Å². The van der Waals surface area contributed by atoms with Crippen LogP contribution in [0.25, 0.3) is 0 Å². The maximum atomic E-state index is 5.09. The third-order valence-corrected chi connectivity index (χ3v) is 2.20. The van der Waals surface area contributed by atoms with Crippen LogP contribution in [0.15, 0.2) is 24.3 Å². The summed E-state index contributed by atoms with van der Waals surface area (Å²) in [5, 5.41) is 0. The zero-order valence-electron chi connectivity index (χ0n) is 9.53. The van der Waals surface area contributed by atoms with Gasteiger partial charge in [-0.1, -0.05) is 19.1 Å². The van der Waals surface area contributed by atoms with Gasteiger partial charge in [0, 0.05) is 5.92 Å². The molecule has 3 nitrogen and oxygen atoms in total. The second-order valence-electron chi connectivity index (χ2n) is 3.37. The molecule has 0 aliphatic heterocycles. The Morgan fingerprint density at radius 1 is 1.13 bits per heavy atom. The van der Waals surface area contributed by atoms with Crippen LogP contribution in [0, 0.1) is 0 Å². The third kappa shape index (κ3) is 3.90. The molecule has 1 rings (SSSR count). The molecule has 0 saturated carbocycles. The highest BCUT2D eigenvalue weighted by Gasteiger charge is 2.05. The van der Waals surface area contributed by atoms with Crippen molar-refractivity contribution < 1.29 is 14.5 Å². The molecule has 1 aromatic rings. The van der Waals surface area contributed by atoms with Crippen molar-refractivity contribution in [3.05, 3.63) is 29.8 Å². The van der Waals surface area contributed by atoms with Gasteiger partial charge in [-0.25, -0.2) is 9.78 Å². The van der Waals surface area contributed by atoms with Gasteiger partial charge in [0.15, 0.2) is 0 Å². The van der Waals surface area contributed by atoms with E-state index < -0.39 is 0 Å². The van der Waals surface area contributed by atoms with Gasteiger partial charge in [0.05, 0.1) is 20.3 Å². The second-order valence-corrected chi connectivity index (χ2v) is 3.37. The van der Waals surface area contributed by atoms with Gasteiger partial charge in [0.2, 0.25) is 0 Å². The maximum absolute atomic E-state index is 5.09. The Balaban J connectivity index is 2.46. The molecule has 0 fully saturated rings. The lowest BCUT2D eigenvalue weighted by Gasteiger charge is -2.11. The number of hydrogen-bond acceptors (Lipinski definition) is 3. The fraction of sp³-hybridized carbons (Fsp3) is 0.500. The summed E-state index contributed by atoms with van der Waals surface area (Å²) < 4.78 is 5.09. The summed E-state index contributed by atoms with van der Waals surface area (Å²) in [5.74, 6) is 1.19. The van der Waals surface area contributed by atoms with Crippen LogP contribution in [0.4, 0.5) is 0 Å². The summed E-state index contributed by atoms with van der Waals surface area (Å²) >= 11 is 0. The van der Waals surface area contributed by atoms with E-state index in [1.54, 1.807) is 7.11 Å². The van der Waals surface area contributed by atoms with E-state index in [1.807, 2.05) is 31.2 Å². The Labute approximate surface area is 90.9 Å². The molecule has 1 aromatic carbocycles. The van der Waals surface area contributed by atoms with Crippen molar-refractivity contribution in [3.63, 3.8) is 0 Å². The van der Waals surface area contributed by atoms with Gasteiger partial charge in [-0.3, -0.25) is 0 Å². The van der Waals surface area contributed by atoms with Gasteiger partial charge in [-0.05, 0) is 24.6 Å². The first-order valence-electron chi connectivity index (χ1n) is 5.16. The molecule has 0 spiro atoms. The van der Waals surface area contributed by atoms with Crippen molar-refractivity contribution in [3.8, 4) is 5.75 Å². The number of rotatable bonds is 6. The van der Waals surface area contributed by atoms with Gasteiger partial charge in [0.25, 0.3) is 0 Å². The number of methoxy groups -OCH3 is 1. The van der Waals surface area contributed by atoms with E-state index in [0.29, 0.717) is 19.1 Å². The van der Waals surface area contributed by atoms with Crippen LogP contribution in [0.1, 0.15) is 25.3 Å². The Morgan fingerprint density at radius 3 is 2.33 bits per heavy atom. The molecule has 3 heteroatoms. The molecule has 0 aromatic heterocycles. The lowest BCUT2D eigenvalue weighted by Crippen LogP contribution is -2.05. The van der Waals surface area contributed by atoms with Crippen LogP contribution < -0.4 is 4.74 Å². The largest absolute Gasteiger partial charge is 0.497 e. The maximum Gasteiger partial charge on any atom is 0.118 e. The van der Waals surface area contributed by atoms with Gasteiger partial charge < -0.3 is 4.74 Å². The molecule has 84 valence electrons. The SMILES string of the molecule is CCOOCC(C)c1ccc(OC)cc1. The normalized spacial score (nSPS) is 12.5. The lowest BCUT2D eigenvalue weighted by molar-refractivity contribution is -0.293. The Kier molecular flexibility index (Phi) is 5.15. The zero-order chi connectivity index (χ0) is 11.1. The first-order chi connectivity index (χ1) is 7.27. The fourth-order valence-corrected chi connectivity index (χ4v) is 1.26. The monoisotopic (exact) mass is 210 g/mol. The number of hydrogen-bond donors (Lipinski definition) is 0. The molecule has 15 heavy (non-hydrogen) atoms. The van der Waals surface area contributed by atoms with E-state index in [2.05, 4.69) is 6.92 Å². The number of ether oxygens (including phenoxy) is 1. The van der Waals surface area contributed by atoms with E-state index >= 15 is 0 Å². The van der Waals surface area contributed by atoms with Crippen LogP contribution in [0.2, 0.25) is 0 Å². The predicted molar refractivity (Wildman–Crippen MR) is 59.0 cm³/mol. The minimum Gasteiger partial charge on any atom is -0.497 e. The van der Waals surface area contributed by atoms with Crippen LogP contribution in [-0.4, -0.2) is 20.3 Å². The van der Waals surface area contributed by atoms with Gasteiger partial charge in [-0.15, -0.1) is 0 Å². The summed E-state index contributed by atoms with van der Waals surface area (Å²) in [7, 11) is 1.66. The predicted octanol–water partition coefficient (Wildman–Crippen LogP) is 2.77.